The van der Waals surface area contributed by atoms with Crippen LogP contribution >= 0.6 is 0 Å². The minimum absolute atomic E-state index is 0.207. The Hall–Kier alpha value is -2.31. The summed E-state index contributed by atoms with van der Waals surface area (Å²) < 4.78 is 7.04. The number of anilines is 1. The Kier molecular flexibility index (Phi) is 2.32. The van der Waals surface area contributed by atoms with Crippen molar-refractivity contribution in [1.29, 1.82) is 0 Å². The summed E-state index contributed by atoms with van der Waals surface area (Å²) in [6, 6.07) is 1.99. The molecule has 7 heteroatoms. The second-order valence-electron chi connectivity index (χ2n) is 4.34. The topological polar surface area (TPSA) is 109 Å². The molecule has 1 aliphatic rings. The zero-order chi connectivity index (χ0) is 12.7. The van der Waals surface area contributed by atoms with Gasteiger partial charge in [0.2, 0.25) is 0 Å². The summed E-state index contributed by atoms with van der Waals surface area (Å²) in [5, 5.41) is 0.840. The summed E-state index contributed by atoms with van der Waals surface area (Å²) in [6.07, 6.45) is 2.04. The molecule has 1 aliphatic heterocycles. The highest BCUT2D eigenvalue weighted by atomic mass is 16.6. The number of rotatable bonds is 1. The van der Waals surface area contributed by atoms with Crippen molar-refractivity contribution in [2.75, 3.05) is 5.73 Å². The quantitative estimate of drug-likeness (QED) is 0.759. The Morgan fingerprint density at radius 1 is 1.50 bits per heavy atom. The molecule has 94 valence electrons. The predicted molar refractivity (Wildman–Crippen MR) is 64.7 cm³/mol. The SMILES string of the molecule is NC(=O)OC1CCc2cc3c(N)ncnc3n2C1. The van der Waals surface area contributed by atoms with Crippen molar-refractivity contribution in [2.24, 2.45) is 5.73 Å². The summed E-state index contributed by atoms with van der Waals surface area (Å²) in [7, 11) is 0. The average Bonchev–Trinajstić information content (AvgIpc) is 2.68. The van der Waals surface area contributed by atoms with E-state index in [1.54, 1.807) is 0 Å². The van der Waals surface area contributed by atoms with E-state index in [2.05, 4.69) is 9.97 Å². The predicted octanol–water partition coefficient (Wildman–Crippen LogP) is 0.424. The molecule has 0 saturated carbocycles. The summed E-state index contributed by atoms with van der Waals surface area (Å²) in [5.41, 5.74) is 12.8. The largest absolute Gasteiger partial charge is 0.444 e. The number of hydrogen-bond acceptors (Lipinski definition) is 5. The second kappa shape index (κ2) is 3.86. The molecule has 18 heavy (non-hydrogen) atoms. The van der Waals surface area contributed by atoms with Gasteiger partial charge in [-0.15, -0.1) is 0 Å². The molecule has 0 aromatic carbocycles. The molecule has 0 radical (unpaired) electrons. The zero-order valence-electron chi connectivity index (χ0n) is 9.67. The lowest BCUT2D eigenvalue weighted by Crippen LogP contribution is -2.31. The molecule has 0 spiro atoms. The molecule has 3 heterocycles. The van der Waals surface area contributed by atoms with Gasteiger partial charge in [0.25, 0.3) is 0 Å². The first-order chi connectivity index (χ1) is 8.65. The number of amides is 1. The van der Waals surface area contributed by atoms with Gasteiger partial charge in [0.15, 0.2) is 0 Å². The number of nitrogens with two attached hydrogens (primary N) is 2. The van der Waals surface area contributed by atoms with Gasteiger partial charge < -0.3 is 20.8 Å². The number of ether oxygens (including phenoxy) is 1. The van der Waals surface area contributed by atoms with Gasteiger partial charge in [0.1, 0.15) is 23.9 Å². The minimum atomic E-state index is -0.742. The first-order valence-corrected chi connectivity index (χ1v) is 5.70. The van der Waals surface area contributed by atoms with Gasteiger partial charge in [-0.25, -0.2) is 14.8 Å². The van der Waals surface area contributed by atoms with E-state index in [0.717, 1.165) is 29.6 Å². The van der Waals surface area contributed by atoms with Crippen molar-refractivity contribution in [3.63, 3.8) is 0 Å². The van der Waals surface area contributed by atoms with Crippen LogP contribution in [0, 0.1) is 0 Å². The van der Waals surface area contributed by atoms with Crippen LogP contribution in [0.3, 0.4) is 0 Å². The van der Waals surface area contributed by atoms with Crippen molar-refractivity contribution in [2.45, 2.75) is 25.5 Å². The van der Waals surface area contributed by atoms with Gasteiger partial charge in [-0.3, -0.25) is 0 Å². The molecule has 0 saturated heterocycles. The lowest BCUT2D eigenvalue weighted by molar-refractivity contribution is 0.0840. The van der Waals surface area contributed by atoms with Crippen LogP contribution in [0.1, 0.15) is 12.1 Å². The molecule has 7 nitrogen and oxygen atoms in total. The number of nitrogen functional groups attached to an aromatic ring is 1. The molecule has 0 bridgehead atoms. The van der Waals surface area contributed by atoms with Crippen LogP contribution in [-0.4, -0.2) is 26.7 Å². The maximum atomic E-state index is 10.8. The molecular formula is C11H13N5O2. The normalized spacial score (nSPS) is 18.6. The number of primary amides is 1. The fourth-order valence-electron chi connectivity index (χ4n) is 2.41. The van der Waals surface area contributed by atoms with Gasteiger partial charge in [-0.05, 0) is 18.9 Å². The second-order valence-corrected chi connectivity index (χ2v) is 4.34. The van der Waals surface area contributed by atoms with Crippen LogP contribution in [0.5, 0.6) is 0 Å². The molecule has 0 fully saturated rings. The van der Waals surface area contributed by atoms with Crippen molar-refractivity contribution in [3.8, 4) is 0 Å². The third-order valence-corrected chi connectivity index (χ3v) is 3.20. The van der Waals surface area contributed by atoms with Crippen LogP contribution in [-0.2, 0) is 17.7 Å². The molecule has 1 atom stereocenters. The van der Waals surface area contributed by atoms with Crippen molar-refractivity contribution < 1.29 is 9.53 Å². The fraction of sp³-hybridized carbons (Fsp3) is 0.364. The van der Waals surface area contributed by atoms with Gasteiger partial charge >= 0.3 is 6.09 Å². The van der Waals surface area contributed by atoms with E-state index in [9.17, 15) is 4.79 Å². The number of fused-ring (bicyclic) bond motifs is 3. The van der Waals surface area contributed by atoms with Gasteiger partial charge in [-0.1, -0.05) is 0 Å². The molecular weight excluding hydrogens is 234 g/mol. The van der Waals surface area contributed by atoms with Crippen molar-refractivity contribution in [3.05, 3.63) is 18.1 Å². The highest BCUT2D eigenvalue weighted by Gasteiger charge is 2.24. The lowest BCUT2D eigenvalue weighted by Gasteiger charge is -2.24. The first kappa shape index (κ1) is 10.8. The van der Waals surface area contributed by atoms with Crippen molar-refractivity contribution in [1.82, 2.24) is 14.5 Å². The molecule has 1 unspecified atom stereocenters. The summed E-state index contributed by atoms with van der Waals surface area (Å²) in [5.74, 6) is 0.467. The summed E-state index contributed by atoms with van der Waals surface area (Å²) in [4.78, 5) is 19.0. The molecule has 4 N–H and O–H groups in total. The van der Waals surface area contributed by atoms with E-state index < -0.39 is 6.09 Å². The van der Waals surface area contributed by atoms with Crippen LogP contribution < -0.4 is 11.5 Å². The van der Waals surface area contributed by atoms with E-state index in [-0.39, 0.29) is 6.10 Å². The van der Waals surface area contributed by atoms with Gasteiger partial charge in [0, 0.05) is 5.69 Å². The Bertz CT molecular complexity index is 621. The Morgan fingerprint density at radius 2 is 2.33 bits per heavy atom. The van der Waals surface area contributed by atoms with E-state index >= 15 is 0 Å². The monoisotopic (exact) mass is 247 g/mol. The van der Waals surface area contributed by atoms with Gasteiger partial charge in [-0.2, -0.15) is 0 Å². The molecule has 1 amide bonds. The van der Waals surface area contributed by atoms with E-state index in [4.69, 9.17) is 16.2 Å². The number of nitrogens with zero attached hydrogens (tertiary/aromatic N) is 3. The van der Waals surface area contributed by atoms with Crippen LogP contribution in [0.15, 0.2) is 12.4 Å². The Balaban J connectivity index is 2.02. The average molecular weight is 247 g/mol. The van der Waals surface area contributed by atoms with E-state index in [0.29, 0.717) is 12.4 Å². The minimum Gasteiger partial charge on any atom is -0.444 e. The third kappa shape index (κ3) is 1.64. The maximum Gasteiger partial charge on any atom is 0.404 e. The third-order valence-electron chi connectivity index (χ3n) is 3.20. The summed E-state index contributed by atoms with van der Waals surface area (Å²) in [6.45, 7) is 0.554. The van der Waals surface area contributed by atoms with E-state index in [1.807, 2.05) is 10.6 Å². The number of aromatic nitrogens is 3. The lowest BCUT2D eigenvalue weighted by atomic mass is 10.1. The Labute approximate surface area is 103 Å². The zero-order valence-corrected chi connectivity index (χ0v) is 9.67. The highest BCUT2D eigenvalue weighted by Crippen LogP contribution is 2.27. The maximum absolute atomic E-state index is 10.8. The molecule has 0 aliphatic carbocycles. The van der Waals surface area contributed by atoms with Gasteiger partial charge in [0.05, 0.1) is 11.9 Å². The Morgan fingerprint density at radius 3 is 3.11 bits per heavy atom. The number of carbonyl (C=O) groups excluding carboxylic acids is 1. The van der Waals surface area contributed by atoms with Crippen LogP contribution in [0.25, 0.3) is 11.0 Å². The fourth-order valence-corrected chi connectivity index (χ4v) is 2.41. The number of hydrogen-bond donors (Lipinski definition) is 2. The highest BCUT2D eigenvalue weighted by molar-refractivity contribution is 5.87. The van der Waals surface area contributed by atoms with Crippen LogP contribution in [0.2, 0.25) is 0 Å². The van der Waals surface area contributed by atoms with Crippen LogP contribution in [0.4, 0.5) is 10.6 Å². The molecule has 3 rings (SSSR count). The van der Waals surface area contributed by atoms with Crippen molar-refractivity contribution >= 4 is 22.9 Å². The smallest absolute Gasteiger partial charge is 0.404 e. The van der Waals surface area contributed by atoms with E-state index in [1.165, 1.54) is 6.33 Å². The molecule has 2 aromatic rings. The number of aryl methyl sites for hydroxylation is 1. The first-order valence-electron chi connectivity index (χ1n) is 5.70. The number of carbonyl (C=O) groups is 1. The summed E-state index contributed by atoms with van der Waals surface area (Å²) >= 11 is 0. The molecule has 2 aromatic heterocycles. The standard InChI is InChI=1S/C11H13N5O2/c12-9-8-3-6-1-2-7(18-11(13)17)4-16(6)10(8)15-5-14-9/h3,5,7H,1-2,4H2,(H2,13,17)(H2,12,14,15).